The number of carboxylic acids is 1. The lowest BCUT2D eigenvalue weighted by Gasteiger charge is -2.27. The number of hydrogen-bond donors (Lipinski definition) is 3. The maximum absolute atomic E-state index is 11.6. The van der Waals surface area contributed by atoms with Crippen LogP contribution in [0.2, 0.25) is 0 Å². The number of urea groups is 1. The fraction of sp³-hybridized carbons (Fsp3) is 0.846. The van der Waals surface area contributed by atoms with Gasteiger partial charge in [-0.15, -0.1) is 0 Å². The first-order valence-electron chi connectivity index (χ1n) is 6.56. The first-order valence-corrected chi connectivity index (χ1v) is 6.56. The van der Waals surface area contributed by atoms with Crippen LogP contribution in [0.1, 0.15) is 33.6 Å². The average molecular weight is 273 g/mol. The fourth-order valence-corrected chi connectivity index (χ4v) is 1.59. The number of hydrogen-bond acceptors (Lipinski definition) is 3. The molecule has 1 atom stereocenters. The van der Waals surface area contributed by atoms with E-state index in [0.717, 1.165) is 19.4 Å². The fourth-order valence-electron chi connectivity index (χ4n) is 1.59. The molecule has 0 rings (SSSR count). The van der Waals surface area contributed by atoms with Crippen molar-refractivity contribution in [1.82, 2.24) is 15.5 Å². The summed E-state index contributed by atoms with van der Waals surface area (Å²) in [5, 5.41) is 14.3. The summed E-state index contributed by atoms with van der Waals surface area (Å²) in [6.07, 6.45) is 1.87. The summed E-state index contributed by atoms with van der Waals surface area (Å²) in [6.45, 7) is 6.87. The highest BCUT2D eigenvalue weighted by Crippen LogP contribution is 2.19. The number of carboxylic acid groups (broad SMARTS) is 1. The molecule has 0 radical (unpaired) electrons. The van der Waals surface area contributed by atoms with Crippen LogP contribution in [0.4, 0.5) is 4.79 Å². The topological polar surface area (TPSA) is 81.7 Å². The number of carbonyl (C=O) groups is 2. The van der Waals surface area contributed by atoms with Gasteiger partial charge in [-0.2, -0.15) is 0 Å². The van der Waals surface area contributed by atoms with E-state index in [4.69, 9.17) is 5.11 Å². The average Bonchev–Trinajstić information content (AvgIpc) is 2.23. The van der Waals surface area contributed by atoms with Crippen LogP contribution in [0.15, 0.2) is 0 Å². The number of amides is 2. The summed E-state index contributed by atoms with van der Waals surface area (Å²) < 4.78 is 0. The van der Waals surface area contributed by atoms with Crippen molar-refractivity contribution >= 4 is 12.0 Å². The summed E-state index contributed by atoms with van der Waals surface area (Å²) in [5.74, 6) is -1.02. The minimum absolute atomic E-state index is 0.424. The SMILES string of the molecule is CN(C)CCCCNC(=O)N[C@H](C(=O)O)C(C)(C)C. The summed E-state index contributed by atoms with van der Waals surface area (Å²) >= 11 is 0. The molecule has 3 N–H and O–H groups in total. The predicted molar refractivity (Wildman–Crippen MR) is 75.2 cm³/mol. The lowest BCUT2D eigenvalue weighted by atomic mass is 9.87. The van der Waals surface area contributed by atoms with Gasteiger partial charge in [-0.25, -0.2) is 9.59 Å². The van der Waals surface area contributed by atoms with Gasteiger partial charge in [0.15, 0.2) is 0 Å². The van der Waals surface area contributed by atoms with Gasteiger partial charge in [0.1, 0.15) is 6.04 Å². The largest absolute Gasteiger partial charge is 0.480 e. The molecule has 6 nitrogen and oxygen atoms in total. The molecule has 0 aromatic carbocycles. The Hall–Kier alpha value is -1.30. The number of nitrogens with zero attached hydrogens (tertiary/aromatic N) is 1. The monoisotopic (exact) mass is 273 g/mol. The molecule has 0 bridgehead atoms. The van der Waals surface area contributed by atoms with E-state index in [9.17, 15) is 9.59 Å². The molecular formula is C13H27N3O3. The Bertz CT molecular complexity index is 298. The number of unbranched alkanes of at least 4 members (excludes halogenated alkanes) is 1. The van der Waals surface area contributed by atoms with Gasteiger partial charge in [-0.3, -0.25) is 0 Å². The second-order valence-corrected chi connectivity index (χ2v) is 6.05. The third-order valence-electron chi connectivity index (χ3n) is 2.71. The van der Waals surface area contributed by atoms with Gasteiger partial charge in [0.05, 0.1) is 0 Å². The Kier molecular flexibility index (Phi) is 7.44. The van der Waals surface area contributed by atoms with Crippen LogP contribution in [-0.4, -0.2) is 55.2 Å². The number of carbonyl (C=O) groups excluding carboxylic acids is 1. The summed E-state index contributed by atoms with van der Waals surface area (Å²) in [4.78, 5) is 24.8. The van der Waals surface area contributed by atoms with Gasteiger partial charge in [0, 0.05) is 6.54 Å². The van der Waals surface area contributed by atoms with E-state index in [1.165, 1.54) is 0 Å². The highest BCUT2D eigenvalue weighted by molar-refractivity contribution is 5.83. The Balaban J connectivity index is 3.99. The molecule has 0 aliphatic carbocycles. The van der Waals surface area contributed by atoms with Gasteiger partial charge in [0.25, 0.3) is 0 Å². The van der Waals surface area contributed by atoms with E-state index in [1.54, 1.807) is 20.8 Å². The summed E-state index contributed by atoms with van der Waals surface area (Å²) in [7, 11) is 4.00. The van der Waals surface area contributed by atoms with Gasteiger partial charge in [0.2, 0.25) is 0 Å². The molecule has 0 fully saturated rings. The Morgan fingerprint density at radius 2 is 1.79 bits per heavy atom. The Morgan fingerprint density at radius 3 is 2.21 bits per heavy atom. The van der Waals surface area contributed by atoms with Crippen molar-refractivity contribution < 1.29 is 14.7 Å². The Labute approximate surface area is 115 Å². The van der Waals surface area contributed by atoms with E-state index in [1.807, 2.05) is 14.1 Å². The van der Waals surface area contributed by atoms with Crippen LogP contribution in [0, 0.1) is 5.41 Å². The van der Waals surface area contributed by atoms with Gasteiger partial charge < -0.3 is 20.6 Å². The van der Waals surface area contributed by atoms with E-state index in [-0.39, 0.29) is 0 Å². The lowest BCUT2D eigenvalue weighted by molar-refractivity contribution is -0.141. The zero-order valence-electron chi connectivity index (χ0n) is 12.6. The molecule has 6 heteroatoms. The molecular weight excluding hydrogens is 246 g/mol. The van der Waals surface area contributed by atoms with E-state index in [2.05, 4.69) is 15.5 Å². The molecule has 0 saturated heterocycles. The van der Waals surface area contributed by atoms with Crippen molar-refractivity contribution in [3.63, 3.8) is 0 Å². The first kappa shape index (κ1) is 17.7. The van der Waals surface area contributed by atoms with Crippen molar-refractivity contribution in [3.05, 3.63) is 0 Å². The van der Waals surface area contributed by atoms with Gasteiger partial charge in [-0.05, 0) is 38.9 Å². The van der Waals surface area contributed by atoms with E-state index < -0.39 is 23.5 Å². The van der Waals surface area contributed by atoms with Crippen LogP contribution in [0.5, 0.6) is 0 Å². The molecule has 0 aromatic rings. The predicted octanol–water partition coefficient (Wildman–Crippen LogP) is 1.13. The molecule has 0 saturated carbocycles. The third kappa shape index (κ3) is 8.42. The number of rotatable bonds is 7. The molecule has 0 heterocycles. The summed E-state index contributed by atoms with van der Waals surface area (Å²) in [5.41, 5.74) is -0.520. The maximum atomic E-state index is 11.6. The van der Waals surface area contributed by atoms with Crippen LogP contribution in [0.25, 0.3) is 0 Å². The third-order valence-corrected chi connectivity index (χ3v) is 2.71. The summed E-state index contributed by atoms with van der Waals surface area (Å²) in [6, 6.07) is -1.32. The highest BCUT2D eigenvalue weighted by atomic mass is 16.4. The molecule has 0 aromatic heterocycles. The number of nitrogens with one attached hydrogen (secondary N) is 2. The smallest absolute Gasteiger partial charge is 0.326 e. The minimum atomic E-state index is -1.02. The van der Waals surface area contributed by atoms with Gasteiger partial charge in [-0.1, -0.05) is 20.8 Å². The molecule has 19 heavy (non-hydrogen) atoms. The van der Waals surface area contributed by atoms with Crippen molar-refractivity contribution in [3.8, 4) is 0 Å². The lowest BCUT2D eigenvalue weighted by Crippen LogP contribution is -2.52. The van der Waals surface area contributed by atoms with Crippen LogP contribution >= 0.6 is 0 Å². The zero-order chi connectivity index (χ0) is 15.1. The van der Waals surface area contributed by atoms with Gasteiger partial charge >= 0.3 is 12.0 Å². The second-order valence-electron chi connectivity index (χ2n) is 6.05. The first-order chi connectivity index (χ1) is 8.64. The van der Waals surface area contributed by atoms with Crippen molar-refractivity contribution in [2.45, 2.75) is 39.7 Å². The van der Waals surface area contributed by atoms with Crippen molar-refractivity contribution in [2.24, 2.45) is 5.41 Å². The van der Waals surface area contributed by atoms with Crippen molar-refractivity contribution in [1.29, 1.82) is 0 Å². The maximum Gasteiger partial charge on any atom is 0.326 e. The van der Waals surface area contributed by atoms with E-state index >= 15 is 0 Å². The molecule has 0 unspecified atom stereocenters. The van der Waals surface area contributed by atoms with Crippen molar-refractivity contribution in [2.75, 3.05) is 27.2 Å². The second kappa shape index (κ2) is 7.99. The quantitative estimate of drug-likeness (QED) is 0.607. The number of aliphatic carboxylic acids is 1. The van der Waals surface area contributed by atoms with Crippen LogP contribution in [0.3, 0.4) is 0 Å². The normalized spacial score (nSPS) is 13.2. The molecule has 112 valence electrons. The van der Waals surface area contributed by atoms with Crippen LogP contribution in [-0.2, 0) is 4.79 Å². The molecule has 0 spiro atoms. The zero-order valence-corrected chi connectivity index (χ0v) is 12.6. The van der Waals surface area contributed by atoms with Crippen LogP contribution < -0.4 is 10.6 Å². The Morgan fingerprint density at radius 1 is 1.21 bits per heavy atom. The molecule has 0 aliphatic rings. The highest BCUT2D eigenvalue weighted by Gasteiger charge is 2.32. The van der Waals surface area contributed by atoms with E-state index in [0.29, 0.717) is 6.54 Å². The molecule has 2 amide bonds. The standard InChI is InChI=1S/C13H27N3O3/c1-13(2,3)10(11(17)18)15-12(19)14-8-6-7-9-16(4)5/h10H,6-9H2,1-5H3,(H,17,18)(H2,14,15,19)/t10-/m1/s1. The molecule has 0 aliphatic heterocycles. The minimum Gasteiger partial charge on any atom is -0.480 e.